The predicted octanol–water partition coefficient (Wildman–Crippen LogP) is 5.08. The molecule has 1 saturated heterocycles. The highest BCUT2D eigenvalue weighted by molar-refractivity contribution is 7.85. The van der Waals surface area contributed by atoms with Gasteiger partial charge in [0.1, 0.15) is 46.5 Å². The number of aromatic nitrogens is 2. The van der Waals surface area contributed by atoms with Crippen molar-refractivity contribution >= 4 is 61.5 Å². The molecule has 1 aliphatic heterocycles. The number of nitrogens with zero attached hydrogens (tertiary/aromatic N) is 3. The van der Waals surface area contributed by atoms with Gasteiger partial charge in [-0.05, 0) is 71.4 Å². The number of thiazole rings is 1. The van der Waals surface area contributed by atoms with Gasteiger partial charge >= 0.3 is 16.4 Å². The van der Waals surface area contributed by atoms with Crippen LogP contribution in [0.3, 0.4) is 0 Å². The lowest BCUT2D eigenvalue weighted by molar-refractivity contribution is -0.143. The summed E-state index contributed by atoms with van der Waals surface area (Å²) in [5.74, 6) is -1.92. The van der Waals surface area contributed by atoms with Crippen molar-refractivity contribution in [2.24, 2.45) is 11.3 Å². The van der Waals surface area contributed by atoms with E-state index in [-0.39, 0.29) is 25.4 Å². The first kappa shape index (κ1) is 44.5. The SMILES string of the molecule is C=C[C@@H]1C[C@]1(NC(=O)[C@@H]1C[C@@H](Oc2cc(-c3csc(NC(C)C)n3)nc3cc(OC)ccc23)CN1C(=O)[C@@H](NC(=O)OC(C)(C)C)C(C)(C)C)C(=O)NS(=O)(=O)OC1CC1. The van der Waals surface area contributed by atoms with Gasteiger partial charge in [0.05, 0.1) is 31.0 Å². The Morgan fingerprint density at radius 2 is 1.75 bits per heavy atom. The average molecular weight is 870 g/mol. The Hall–Kier alpha value is -5.01. The summed E-state index contributed by atoms with van der Waals surface area (Å²) in [7, 11) is -2.91. The average Bonchev–Trinajstić information content (AvgIpc) is 3.99. The van der Waals surface area contributed by atoms with E-state index in [0.29, 0.717) is 46.6 Å². The van der Waals surface area contributed by atoms with Crippen LogP contribution in [0.4, 0.5) is 9.93 Å². The van der Waals surface area contributed by atoms with Crippen molar-refractivity contribution in [3.8, 4) is 22.9 Å². The van der Waals surface area contributed by atoms with E-state index in [1.807, 2.05) is 23.9 Å². The van der Waals surface area contributed by atoms with Crippen LogP contribution in [0.25, 0.3) is 22.3 Å². The van der Waals surface area contributed by atoms with E-state index in [1.54, 1.807) is 72.9 Å². The molecule has 5 atom stereocenters. The molecule has 2 aromatic heterocycles. The molecule has 1 aromatic carbocycles. The Morgan fingerprint density at radius 1 is 1.03 bits per heavy atom. The zero-order valence-corrected chi connectivity index (χ0v) is 37.0. The van der Waals surface area contributed by atoms with Gasteiger partial charge in [-0.15, -0.1) is 17.9 Å². The maximum Gasteiger partial charge on any atom is 0.408 e. The number of benzene rings is 1. The number of rotatable bonds is 15. The minimum Gasteiger partial charge on any atom is -0.497 e. The zero-order chi connectivity index (χ0) is 43.9. The van der Waals surface area contributed by atoms with Gasteiger partial charge in [0, 0.05) is 41.3 Å². The summed E-state index contributed by atoms with van der Waals surface area (Å²) >= 11 is 1.43. The van der Waals surface area contributed by atoms with E-state index in [1.165, 1.54) is 22.3 Å². The Bertz CT molecular complexity index is 2260. The van der Waals surface area contributed by atoms with Crippen molar-refractivity contribution in [3.63, 3.8) is 0 Å². The Labute approximate surface area is 354 Å². The van der Waals surface area contributed by atoms with Crippen LogP contribution in [-0.4, -0.2) is 102 Å². The first-order chi connectivity index (χ1) is 28.0. The normalized spacial score (nSPS) is 22.2. The number of likely N-dealkylation sites (tertiary alicyclic amines) is 1. The minimum absolute atomic E-state index is 0.0329. The van der Waals surface area contributed by atoms with E-state index in [0.717, 1.165) is 5.13 Å². The first-order valence-corrected chi connectivity index (χ1v) is 22.2. The number of nitrogens with one attached hydrogen (secondary N) is 4. The quantitative estimate of drug-likeness (QED) is 0.147. The Balaban J connectivity index is 1.34. The summed E-state index contributed by atoms with van der Waals surface area (Å²) in [6, 6.07) is 4.88. The molecular formula is C41H55N7O10S2. The highest BCUT2D eigenvalue weighted by Crippen LogP contribution is 2.45. The summed E-state index contributed by atoms with van der Waals surface area (Å²) in [5, 5.41) is 12.0. The zero-order valence-electron chi connectivity index (χ0n) is 35.4. The standard InChI is InChI=1S/C41H55N7O10S2/c1-11-23-19-41(23,36(51)47-60(53,54)58-24-12-13-24)46-34(49)31-17-26(20-48(31)35(50)33(39(4,5)6)45-38(52)57-40(7,8)9)56-32-18-29(30-21-59-37(44-30)42-22(2)3)43-28-16-25(55-10)14-15-27(28)32/h11,14-16,18,21-24,26,31,33H,1,12-13,17,19-20H2,2-10H3,(H,42,44)(H,45,52)(H,46,49)(H,47,51)/t23-,26-,31+,33-,41-/m1/s1. The molecule has 6 rings (SSSR count). The Kier molecular flexibility index (Phi) is 12.5. The van der Waals surface area contributed by atoms with Gasteiger partial charge in [0.15, 0.2) is 5.13 Å². The largest absolute Gasteiger partial charge is 0.497 e. The van der Waals surface area contributed by atoms with Crippen molar-refractivity contribution in [2.75, 3.05) is 19.0 Å². The van der Waals surface area contributed by atoms with Gasteiger partial charge in [0.25, 0.3) is 5.91 Å². The van der Waals surface area contributed by atoms with Gasteiger partial charge < -0.3 is 35.1 Å². The monoisotopic (exact) mass is 869 g/mol. The summed E-state index contributed by atoms with van der Waals surface area (Å²) in [4.78, 5) is 66.9. The first-order valence-electron chi connectivity index (χ1n) is 19.9. The van der Waals surface area contributed by atoms with Crippen LogP contribution in [-0.2, 0) is 33.6 Å². The van der Waals surface area contributed by atoms with Crippen LogP contribution in [0.5, 0.6) is 11.5 Å². The van der Waals surface area contributed by atoms with E-state index in [9.17, 15) is 27.6 Å². The van der Waals surface area contributed by atoms with Crippen molar-refractivity contribution in [2.45, 2.75) is 123 Å². The smallest absolute Gasteiger partial charge is 0.408 e. The van der Waals surface area contributed by atoms with Crippen LogP contribution < -0.4 is 30.1 Å². The molecule has 60 heavy (non-hydrogen) atoms. The highest BCUT2D eigenvalue weighted by Gasteiger charge is 2.62. The van der Waals surface area contributed by atoms with Crippen molar-refractivity contribution in [3.05, 3.63) is 42.3 Å². The molecule has 19 heteroatoms. The second kappa shape index (κ2) is 16.8. The highest BCUT2D eigenvalue weighted by atomic mass is 32.2. The van der Waals surface area contributed by atoms with Crippen molar-refractivity contribution < 1.29 is 46.0 Å². The lowest BCUT2D eigenvalue weighted by Crippen LogP contribution is -2.60. The van der Waals surface area contributed by atoms with Crippen molar-refractivity contribution in [1.82, 2.24) is 30.2 Å². The molecule has 4 N–H and O–H groups in total. The number of hydrogen-bond acceptors (Lipinski definition) is 14. The number of carbonyl (C=O) groups is 4. The van der Waals surface area contributed by atoms with Gasteiger partial charge in [-0.25, -0.2) is 19.5 Å². The predicted molar refractivity (Wildman–Crippen MR) is 226 cm³/mol. The third-order valence-corrected chi connectivity index (χ3v) is 11.9. The van der Waals surface area contributed by atoms with Gasteiger partial charge in [-0.3, -0.25) is 18.6 Å². The molecule has 0 spiro atoms. The molecule has 0 radical (unpaired) electrons. The number of ether oxygens (including phenoxy) is 3. The van der Waals surface area contributed by atoms with E-state index < -0.39 is 80.9 Å². The van der Waals surface area contributed by atoms with Crippen molar-refractivity contribution in [1.29, 1.82) is 0 Å². The molecular weight excluding hydrogens is 815 g/mol. The molecule has 2 aliphatic carbocycles. The number of anilines is 1. The van der Waals surface area contributed by atoms with E-state index in [2.05, 4.69) is 22.5 Å². The van der Waals surface area contributed by atoms with E-state index >= 15 is 0 Å². The van der Waals surface area contributed by atoms with Crippen LogP contribution in [0, 0.1) is 11.3 Å². The topological polar surface area (TPSA) is 216 Å². The second-order valence-corrected chi connectivity index (χ2v) is 20.0. The fourth-order valence-electron chi connectivity index (χ4n) is 6.94. The lowest BCUT2D eigenvalue weighted by Gasteiger charge is -2.36. The number of alkyl carbamates (subject to hydrolysis) is 1. The van der Waals surface area contributed by atoms with Gasteiger partial charge in [0.2, 0.25) is 11.8 Å². The molecule has 3 heterocycles. The molecule has 3 aromatic rings. The molecule has 3 aliphatic rings. The Morgan fingerprint density at radius 3 is 2.35 bits per heavy atom. The number of fused-ring (bicyclic) bond motifs is 1. The maximum atomic E-state index is 14.7. The fourth-order valence-corrected chi connectivity index (χ4v) is 8.80. The number of amides is 4. The lowest BCUT2D eigenvalue weighted by atomic mass is 9.85. The minimum atomic E-state index is -4.46. The summed E-state index contributed by atoms with van der Waals surface area (Å²) in [6.45, 7) is 18.1. The molecule has 326 valence electrons. The maximum absolute atomic E-state index is 14.7. The third kappa shape index (κ3) is 10.5. The molecule has 4 amide bonds. The third-order valence-electron chi connectivity index (χ3n) is 10.1. The van der Waals surface area contributed by atoms with E-state index in [4.69, 9.17) is 28.4 Å². The molecule has 3 fully saturated rings. The van der Waals surface area contributed by atoms with Crippen LogP contribution in [0.1, 0.15) is 81.1 Å². The molecule has 17 nitrogen and oxygen atoms in total. The molecule has 2 saturated carbocycles. The summed E-state index contributed by atoms with van der Waals surface area (Å²) in [5.41, 5.74) is -1.71. The summed E-state index contributed by atoms with van der Waals surface area (Å²) < 4.78 is 50.0. The fraction of sp³-hybridized carbons (Fsp3) is 0.561. The molecule has 0 bridgehead atoms. The summed E-state index contributed by atoms with van der Waals surface area (Å²) in [6.07, 6.45) is 0.481. The van der Waals surface area contributed by atoms with Crippen LogP contribution >= 0.6 is 11.3 Å². The van der Waals surface area contributed by atoms with Gasteiger partial charge in [-0.1, -0.05) is 26.8 Å². The van der Waals surface area contributed by atoms with Gasteiger partial charge in [-0.2, -0.15) is 8.42 Å². The molecule has 0 unspecified atom stereocenters. The second-order valence-electron chi connectivity index (χ2n) is 17.8. The number of hydrogen-bond donors (Lipinski definition) is 4. The number of carbonyl (C=O) groups excluding carboxylic acids is 4. The number of methoxy groups -OCH3 is 1. The number of pyridine rings is 1. The van der Waals surface area contributed by atoms with Crippen LogP contribution in [0.2, 0.25) is 0 Å². The van der Waals surface area contributed by atoms with Crippen LogP contribution in [0.15, 0.2) is 42.3 Å².